The topological polar surface area (TPSA) is 82.9 Å². The van der Waals surface area contributed by atoms with Crippen molar-refractivity contribution >= 4 is 16.7 Å². The molecule has 2 atom stereocenters. The van der Waals surface area contributed by atoms with Crippen LogP contribution in [0.1, 0.15) is 10.4 Å². The zero-order chi connectivity index (χ0) is 21.4. The lowest BCUT2D eigenvalue weighted by atomic mass is 10.1. The van der Waals surface area contributed by atoms with Gasteiger partial charge >= 0.3 is 0 Å². The van der Waals surface area contributed by atoms with Crippen LogP contribution in [0, 0.1) is 0 Å². The van der Waals surface area contributed by atoms with Gasteiger partial charge in [-0.3, -0.25) is 14.6 Å². The Hall–Kier alpha value is -3.23. The molecule has 0 radical (unpaired) electrons. The van der Waals surface area contributed by atoms with Gasteiger partial charge in [0.2, 0.25) is 0 Å². The van der Waals surface area contributed by atoms with E-state index in [9.17, 15) is 9.59 Å². The molecule has 1 aromatic carbocycles. The van der Waals surface area contributed by atoms with Crippen LogP contribution >= 0.6 is 0 Å². The van der Waals surface area contributed by atoms with Crippen molar-refractivity contribution in [3.8, 4) is 5.75 Å². The predicted octanol–water partition coefficient (Wildman–Crippen LogP) is 1.62. The van der Waals surface area contributed by atoms with Crippen molar-refractivity contribution in [2.75, 3.05) is 26.3 Å². The fourth-order valence-corrected chi connectivity index (χ4v) is 4.05. The van der Waals surface area contributed by atoms with E-state index < -0.39 is 0 Å². The number of carbonyl (C=O) groups excluding carboxylic acids is 1. The Morgan fingerprint density at radius 3 is 2.65 bits per heavy atom. The van der Waals surface area contributed by atoms with Crippen LogP contribution in [0.15, 0.2) is 59.8 Å². The molecule has 2 aliphatic heterocycles. The maximum Gasteiger partial charge on any atom is 0.254 e. The van der Waals surface area contributed by atoms with Gasteiger partial charge in [-0.25, -0.2) is 0 Å². The average molecular weight is 421 g/mol. The number of nitrogens with zero attached hydrogens (tertiary/aromatic N) is 3. The van der Waals surface area contributed by atoms with Gasteiger partial charge in [0.15, 0.2) is 0 Å². The van der Waals surface area contributed by atoms with E-state index in [1.165, 1.54) is 10.6 Å². The molecular weight excluding hydrogens is 398 g/mol. The first kappa shape index (κ1) is 19.7. The highest BCUT2D eigenvalue weighted by Gasteiger charge is 2.40. The molecule has 2 aliphatic rings. The van der Waals surface area contributed by atoms with E-state index in [1.54, 1.807) is 36.6 Å². The van der Waals surface area contributed by atoms with Crippen molar-refractivity contribution in [3.63, 3.8) is 0 Å². The van der Waals surface area contributed by atoms with Crippen LogP contribution in [0.2, 0.25) is 0 Å². The van der Waals surface area contributed by atoms with E-state index in [0.717, 1.165) is 16.5 Å². The molecule has 2 fully saturated rings. The van der Waals surface area contributed by atoms with Gasteiger partial charge in [-0.1, -0.05) is 12.1 Å². The van der Waals surface area contributed by atoms with Crippen LogP contribution in [0.25, 0.3) is 10.8 Å². The number of benzene rings is 1. The molecule has 4 heterocycles. The number of ether oxygens (including phenoxy) is 3. The quantitative estimate of drug-likeness (QED) is 0.639. The van der Waals surface area contributed by atoms with Crippen LogP contribution in [-0.4, -0.2) is 65.0 Å². The highest BCUT2D eigenvalue weighted by molar-refractivity contribution is 5.94. The smallest absolute Gasteiger partial charge is 0.254 e. The molecule has 31 heavy (non-hydrogen) atoms. The third kappa shape index (κ3) is 3.92. The molecule has 3 aromatic rings. The van der Waals surface area contributed by atoms with Gasteiger partial charge in [-0.2, -0.15) is 0 Å². The molecule has 0 spiro atoms. The fourth-order valence-electron chi connectivity index (χ4n) is 4.05. The number of rotatable bonds is 3. The molecule has 160 valence electrons. The van der Waals surface area contributed by atoms with Crippen LogP contribution in [0.5, 0.6) is 5.75 Å². The summed E-state index contributed by atoms with van der Waals surface area (Å²) in [6, 6.07) is 10.8. The summed E-state index contributed by atoms with van der Waals surface area (Å²) < 4.78 is 19.7. The Balaban J connectivity index is 1.24. The minimum atomic E-state index is -0.245. The Morgan fingerprint density at radius 2 is 1.90 bits per heavy atom. The van der Waals surface area contributed by atoms with Crippen molar-refractivity contribution < 1.29 is 19.0 Å². The van der Waals surface area contributed by atoms with Crippen LogP contribution in [0.3, 0.4) is 0 Å². The lowest BCUT2D eigenvalue weighted by Gasteiger charge is -2.20. The number of hydrogen-bond acceptors (Lipinski definition) is 6. The normalized spacial score (nSPS) is 21.6. The molecular formula is C23H23N3O5. The van der Waals surface area contributed by atoms with E-state index >= 15 is 0 Å². The van der Waals surface area contributed by atoms with Gasteiger partial charge in [-0.05, 0) is 18.2 Å². The van der Waals surface area contributed by atoms with Crippen LogP contribution < -0.4 is 10.3 Å². The summed E-state index contributed by atoms with van der Waals surface area (Å²) in [6.07, 6.45) is 4.46. The maximum absolute atomic E-state index is 12.8. The average Bonchev–Trinajstić information content (AvgIpc) is 3.11. The number of aromatic nitrogens is 2. The Bertz CT molecular complexity index is 1160. The highest BCUT2D eigenvalue weighted by atomic mass is 16.6. The second-order valence-electron chi connectivity index (χ2n) is 7.91. The fraction of sp³-hybridized carbons (Fsp3) is 0.348. The zero-order valence-electron chi connectivity index (χ0n) is 17.1. The summed E-state index contributed by atoms with van der Waals surface area (Å²) >= 11 is 0. The van der Waals surface area contributed by atoms with E-state index in [4.69, 9.17) is 14.2 Å². The Kier molecular flexibility index (Phi) is 5.17. The predicted molar refractivity (Wildman–Crippen MR) is 113 cm³/mol. The highest BCUT2D eigenvalue weighted by Crippen LogP contribution is 2.27. The van der Waals surface area contributed by atoms with E-state index in [-0.39, 0.29) is 29.8 Å². The summed E-state index contributed by atoms with van der Waals surface area (Å²) in [4.78, 5) is 30.5. The Labute approximate surface area is 179 Å². The van der Waals surface area contributed by atoms with Gasteiger partial charge in [-0.15, -0.1) is 0 Å². The Morgan fingerprint density at radius 1 is 1.13 bits per heavy atom. The molecule has 0 N–H and O–H groups in total. The van der Waals surface area contributed by atoms with Crippen molar-refractivity contribution in [2.24, 2.45) is 7.05 Å². The second-order valence-corrected chi connectivity index (χ2v) is 7.91. The minimum Gasteiger partial charge on any atom is -0.485 e. The van der Waals surface area contributed by atoms with Gasteiger partial charge in [0, 0.05) is 61.1 Å². The van der Waals surface area contributed by atoms with Gasteiger partial charge in [0.05, 0.1) is 13.2 Å². The molecule has 0 bridgehead atoms. The van der Waals surface area contributed by atoms with Gasteiger partial charge in [0.1, 0.15) is 24.1 Å². The number of carbonyl (C=O) groups is 1. The summed E-state index contributed by atoms with van der Waals surface area (Å²) in [5, 5.41) is 2.00. The lowest BCUT2D eigenvalue weighted by Crippen LogP contribution is -2.33. The first-order valence-corrected chi connectivity index (χ1v) is 10.3. The summed E-state index contributed by atoms with van der Waals surface area (Å²) in [6.45, 7) is 1.59. The second kappa shape index (κ2) is 8.13. The molecule has 5 rings (SSSR count). The number of fused-ring (bicyclic) bond motifs is 2. The number of aryl methyl sites for hydroxylation is 1. The van der Waals surface area contributed by atoms with Crippen molar-refractivity contribution in [1.29, 1.82) is 0 Å². The molecule has 8 nitrogen and oxygen atoms in total. The SMILES string of the molecule is Cn1ccc(C(=O)N2C[C@@H]3OCC(Oc4cccc5cnccc45)CO[C@H]3C2)cc1=O. The summed E-state index contributed by atoms with van der Waals surface area (Å²) in [5.41, 5.74) is 0.169. The van der Waals surface area contributed by atoms with Gasteiger partial charge < -0.3 is 23.7 Å². The van der Waals surface area contributed by atoms with Crippen LogP contribution in [0.4, 0.5) is 0 Å². The molecule has 0 saturated carbocycles. The van der Waals surface area contributed by atoms with E-state index in [0.29, 0.717) is 31.9 Å². The van der Waals surface area contributed by atoms with Crippen molar-refractivity contribution in [2.45, 2.75) is 18.3 Å². The molecule has 2 aromatic heterocycles. The number of hydrogen-bond donors (Lipinski definition) is 0. The molecule has 1 amide bonds. The largest absolute Gasteiger partial charge is 0.485 e. The van der Waals surface area contributed by atoms with Crippen molar-refractivity contribution in [3.05, 3.63) is 70.9 Å². The van der Waals surface area contributed by atoms with Crippen LogP contribution in [-0.2, 0) is 16.5 Å². The molecule has 0 aliphatic carbocycles. The number of pyridine rings is 2. The maximum atomic E-state index is 12.8. The first-order valence-electron chi connectivity index (χ1n) is 10.3. The molecule has 2 saturated heterocycles. The molecule has 0 unspecified atom stereocenters. The number of likely N-dealkylation sites (tertiary alicyclic amines) is 1. The monoisotopic (exact) mass is 421 g/mol. The standard InChI is InChI=1S/C23H23N3O5/c1-25-8-6-15(9-22(25)27)23(28)26-11-20-21(12-26)30-14-17(13-29-20)31-19-4-2-3-16-10-24-7-5-18(16)19/h2-10,17,20-21H,11-14H2,1H3/t20-,21-/m0/s1. The van der Waals surface area contributed by atoms with E-state index in [1.807, 2.05) is 24.3 Å². The lowest BCUT2D eigenvalue weighted by molar-refractivity contribution is -0.00461. The summed E-state index contributed by atoms with van der Waals surface area (Å²) in [5.74, 6) is 0.585. The summed E-state index contributed by atoms with van der Waals surface area (Å²) in [7, 11) is 1.65. The molecule has 8 heteroatoms. The first-order chi connectivity index (χ1) is 15.1. The third-order valence-electron chi connectivity index (χ3n) is 5.78. The minimum absolute atomic E-state index is 0.185. The van der Waals surface area contributed by atoms with Gasteiger partial charge in [0.25, 0.3) is 11.5 Å². The van der Waals surface area contributed by atoms with E-state index in [2.05, 4.69) is 4.98 Å². The number of amides is 1. The van der Waals surface area contributed by atoms with Crippen molar-refractivity contribution in [1.82, 2.24) is 14.5 Å². The zero-order valence-corrected chi connectivity index (χ0v) is 17.1. The third-order valence-corrected chi connectivity index (χ3v) is 5.78.